The van der Waals surface area contributed by atoms with E-state index < -0.39 is 0 Å². The van der Waals surface area contributed by atoms with Crippen molar-refractivity contribution in [1.29, 1.82) is 0 Å². The lowest BCUT2D eigenvalue weighted by molar-refractivity contribution is 0.390. The Morgan fingerprint density at radius 3 is 1.95 bits per heavy atom. The molecule has 206 valence electrons. The minimum atomic E-state index is -0.319. The highest BCUT2D eigenvalue weighted by Gasteiger charge is 2.29. The molecule has 1 aromatic heterocycles. The van der Waals surface area contributed by atoms with Crippen molar-refractivity contribution in [3.05, 3.63) is 142 Å². The van der Waals surface area contributed by atoms with Crippen LogP contribution in [-0.4, -0.2) is 31.1 Å². The Morgan fingerprint density at radius 2 is 1.32 bits per heavy atom. The lowest BCUT2D eigenvalue weighted by Crippen LogP contribution is -2.40. The number of anilines is 2. The molecule has 6 rings (SSSR count). The molecule has 5 heteroatoms. The molecule has 0 bridgehead atoms. The average molecular weight is 542 g/mol. The summed E-state index contributed by atoms with van der Waals surface area (Å²) in [5, 5.41) is 0.972. The van der Waals surface area contributed by atoms with Gasteiger partial charge >= 0.3 is 5.63 Å². The Labute approximate surface area is 241 Å². The van der Waals surface area contributed by atoms with Crippen LogP contribution in [0.1, 0.15) is 30.5 Å². The zero-order valence-electron chi connectivity index (χ0n) is 23.7. The van der Waals surface area contributed by atoms with Crippen LogP contribution in [-0.2, 0) is 6.54 Å². The molecule has 0 unspecified atom stereocenters. The number of hydrogen-bond acceptors (Lipinski definition) is 5. The molecule has 5 nitrogen and oxygen atoms in total. The van der Waals surface area contributed by atoms with Crippen LogP contribution in [0.4, 0.5) is 11.4 Å². The van der Waals surface area contributed by atoms with Crippen molar-refractivity contribution in [1.82, 2.24) is 4.90 Å². The van der Waals surface area contributed by atoms with Crippen LogP contribution >= 0.6 is 0 Å². The number of rotatable bonds is 8. The molecule has 0 aliphatic carbocycles. The van der Waals surface area contributed by atoms with Crippen LogP contribution in [0.15, 0.2) is 124 Å². The molecule has 0 radical (unpaired) electrons. The number of benzene rings is 4. The SMILES string of the molecule is CCN(CC)c1ccc2c(CN3CCN(c4ccccc4)C(c4ccccc4)=C3c3ccccc3)cc(=O)oc2c1. The second-order valence-corrected chi connectivity index (χ2v) is 10.3. The molecule has 1 aliphatic rings. The van der Waals surface area contributed by atoms with Crippen LogP contribution in [0.3, 0.4) is 0 Å². The number of para-hydroxylation sites is 1. The number of nitrogens with zero attached hydrogens (tertiary/aromatic N) is 3. The third-order valence-electron chi connectivity index (χ3n) is 7.87. The summed E-state index contributed by atoms with van der Waals surface area (Å²) in [6.07, 6.45) is 0. The summed E-state index contributed by atoms with van der Waals surface area (Å²) >= 11 is 0. The van der Waals surface area contributed by atoms with Crippen molar-refractivity contribution in [3.8, 4) is 0 Å². The summed E-state index contributed by atoms with van der Waals surface area (Å²) < 4.78 is 5.73. The monoisotopic (exact) mass is 541 g/mol. The van der Waals surface area contributed by atoms with Gasteiger partial charge in [-0.2, -0.15) is 0 Å². The van der Waals surface area contributed by atoms with E-state index in [1.165, 1.54) is 0 Å². The molecule has 41 heavy (non-hydrogen) atoms. The van der Waals surface area contributed by atoms with Crippen molar-refractivity contribution in [3.63, 3.8) is 0 Å². The van der Waals surface area contributed by atoms with Gasteiger partial charge in [0.2, 0.25) is 0 Å². The Hall–Kier alpha value is -4.77. The van der Waals surface area contributed by atoms with Gasteiger partial charge in [-0.25, -0.2) is 4.79 Å². The lowest BCUT2D eigenvalue weighted by Gasteiger charge is -2.41. The molecule has 0 atom stereocenters. The Balaban J connectivity index is 1.51. The van der Waals surface area contributed by atoms with Crippen molar-refractivity contribution < 1.29 is 4.42 Å². The molecule has 0 saturated heterocycles. The predicted octanol–water partition coefficient (Wildman–Crippen LogP) is 7.49. The van der Waals surface area contributed by atoms with Gasteiger partial charge in [-0.15, -0.1) is 0 Å². The molecule has 4 aromatic carbocycles. The maximum atomic E-state index is 12.8. The molecule has 1 aliphatic heterocycles. The maximum Gasteiger partial charge on any atom is 0.336 e. The van der Waals surface area contributed by atoms with E-state index in [2.05, 4.69) is 132 Å². The molecule has 5 aromatic rings. The van der Waals surface area contributed by atoms with E-state index in [9.17, 15) is 4.79 Å². The van der Waals surface area contributed by atoms with Crippen LogP contribution in [0, 0.1) is 0 Å². The van der Waals surface area contributed by atoms with Gasteiger partial charge in [-0.3, -0.25) is 0 Å². The zero-order chi connectivity index (χ0) is 28.2. The topological polar surface area (TPSA) is 39.9 Å². The number of hydrogen-bond donors (Lipinski definition) is 0. The summed E-state index contributed by atoms with van der Waals surface area (Å²) in [4.78, 5) is 19.9. The minimum absolute atomic E-state index is 0.319. The Bertz CT molecular complexity index is 1710. The fourth-order valence-electron chi connectivity index (χ4n) is 5.89. The van der Waals surface area contributed by atoms with Crippen molar-refractivity contribution >= 4 is 33.7 Å². The summed E-state index contributed by atoms with van der Waals surface area (Å²) in [7, 11) is 0. The normalized spacial score (nSPS) is 13.6. The summed E-state index contributed by atoms with van der Waals surface area (Å²) in [6.45, 7) is 8.27. The molecular formula is C36H35N3O2. The van der Waals surface area contributed by atoms with Crippen molar-refractivity contribution in [2.75, 3.05) is 36.0 Å². The molecular weight excluding hydrogens is 506 g/mol. The molecule has 0 fully saturated rings. The van der Waals surface area contributed by atoms with Crippen molar-refractivity contribution in [2.45, 2.75) is 20.4 Å². The summed E-state index contributed by atoms with van der Waals surface area (Å²) in [5.41, 5.74) is 8.11. The molecule has 0 spiro atoms. The fourth-order valence-corrected chi connectivity index (χ4v) is 5.89. The maximum absolute atomic E-state index is 12.8. The first-order valence-electron chi connectivity index (χ1n) is 14.4. The second kappa shape index (κ2) is 11.8. The van der Waals surface area contributed by atoms with Gasteiger partial charge in [0.1, 0.15) is 5.58 Å². The highest BCUT2D eigenvalue weighted by molar-refractivity contribution is 5.97. The van der Waals surface area contributed by atoms with E-state index in [0.29, 0.717) is 12.1 Å². The average Bonchev–Trinajstić information content (AvgIpc) is 3.02. The first-order chi connectivity index (χ1) is 20.2. The highest BCUT2D eigenvalue weighted by atomic mass is 16.4. The third-order valence-corrected chi connectivity index (χ3v) is 7.87. The molecule has 0 saturated carbocycles. The first-order valence-corrected chi connectivity index (χ1v) is 14.4. The quantitative estimate of drug-likeness (QED) is 0.190. The number of fused-ring (bicyclic) bond motifs is 1. The Kier molecular flexibility index (Phi) is 7.59. The summed E-state index contributed by atoms with van der Waals surface area (Å²) in [5.74, 6) is 0. The predicted molar refractivity (Wildman–Crippen MR) is 170 cm³/mol. The van der Waals surface area contributed by atoms with Crippen molar-refractivity contribution in [2.24, 2.45) is 0 Å². The first kappa shape index (κ1) is 26.5. The van der Waals surface area contributed by atoms with Gasteiger partial charge < -0.3 is 19.1 Å². The van der Waals surface area contributed by atoms with Crippen LogP contribution in [0.25, 0.3) is 22.4 Å². The van der Waals surface area contributed by atoms with Gasteiger partial charge in [0.15, 0.2) is 0 Å². The fraction of sp³-hybridized carbons (Fsp3) is 0.194. The standard InChI is InChI=1S/C36H35N3O2/c1-3-37(4-2)31-20-21-32-29(24-34(40)41-33(32)25-31)26-38-22-23-39(30-18-12-7-13-19-30)36(28-16-10-6-11-17-28)35(38)27-14-8-5-9-15-27/h5-21,24-25H,3-4,22-23,26H2,1-2H3. The second-order valence-electron chi connectivity index (χ2n) is 10.3. The van der Waals surface area contributed by atoms with Gasteiger partial charge in [0, 0.05) is 67.2 Å². The van der Waals surface area contributed by atoms with Crippen LogP contribution in [0.5, 0.6) is 0 Å². The van der Waals surface area contributed by atoms with E-state index in [4.69, 9.17) is 4.42 Å². The molecule has 0 N–H and O–H groups in total. The largest absolute Gasteiger partial charge is 0.423 e. The third kappa shape index (κ3) is 5.36. The lowest BCUT2D eigenvalue weighted by atomic mass is 9.98. The Morgan fingerprint density at radius 1 is 0.707 bits per heavy atom. The van der Waals surface area contributed by atoms with E-state index in [-0.39, 0.29) is 5.63 Å². The minimum Gasteiger partial charge on any atom is -0.423 e. The van der Waals surface area contributed by atoms with Gasteiger partial charge in [-0.1, -0.05) is 78.9 Å². The van der Waals surface area contributed by atoms with E-state index in [1.54, 1.807) is 6.07 Å². The van der Waals surface area contributed by atoms with E-state index in [0.717, 1.165) is 71.0 Å². The van der Waals surface area contributed by atoms with E-state index >= 15 is 0 Å². The van der Waals surface area contributed by atoms with Gasteiger partial charge in [0.25, 0.3) is 0 Å². The summed E-state index contributed by atoms with van der Waals surface area (Å²) in [6, 6.07) is 39.7. The van der Waals surface area contributed by atoms with E-state index in [1.807, 2.05) is 6.07 Å². The van der Waals surface area contributed by atoms with Gasteiger partial charge in [0.05, 0.1) is 11.4 Å². The van der Waals surface area contributed by atoms with Crippen LogP contribution < -0.4 is 15.4 Å². The highest BCUT2D eigenvalue weighted by Crippen LogP contribution is 2.39. The smallest absolute Gasteiger partial charge is 0.336 e. The van der Waals surface area contributed by atoms with Crippen LogP contribution in [0.2, 0.25) is 0 Å². The zero-order valence-corrected chi connectivity index (χ0v) is 23.7. The molecule has 0 amide bonds. The molecule has 2 heterocycles. The van der Waals surface area contributed by atoms with Gasteiger partial charge in [-0.05, 0) is 49.2 Å².